The first-order valence-electron chi connectivity index (χ1n) is 6.14. The fraction of sp³-hybridized carbons (Fsp3) is 0.571. The molecule has 1 aromatic carbocycles. The van der Waals surface area contributed by atoms with Crippen molar-refractivity contribution in [2.24, 2.45) is 0 Å². The second-order valence-electron chi connectivity index (χ2n) is 4.09. The Bertz CT molecular complexity index is 328. The lowest BCUT2D eigenvalue weighted by atomic mass is 10.0. The third kappa shape index (κ3) is 4.02. The number of hydrogen-bond acceptors (Lipinski definition) is 3. The fourth-order valence-electron chi connectivity index (χ4n) is 1.88. The van der Waals surface area contributed by atoms with E-state index in [-0.39, 0.29) is 12.1 Å². The monoisotopic (exact) mass is 237 g/mol. The SMILES string of the molecule is CCOc1ccccc1C(CC(C)OC)NC. The van der Waals surface area contributed by atoms with Crippen LogP contribution < -0.4 is 10.1 Å². The minimum atomic E-state index is 0.224. The molecular weight excluding hydrogens is 214 g/mol. The van der Waals surface area contributed by atoms with Crippen LogP contribution in [0.2, 0.25) is 0 Å². The number of hydrogen-bond donors (Lipinski definition) is 1. The molecule has 0 spiro atoms. The predicted molar refractivity (Wildman–Crippen MR) is 70.5 cm³/mol. The number of rotatable bonds is 7. The van der Waals surface area contributed by atoms with Gasteiger partial charge >= 0.3 is 0 Å². The van der Waals surface area contributed by atoms with Crippen LogP contribution >= 0.6 is 0 Å². The molecule has 0 amide bonds. The number of ether oxygens (including phenoxy) is 2. The van der Waals surface area contributed by atoms with Crippen molar-refractivity contribution in [3.63, 3.8) is 0 Å². The topological polar surface area (TPSA) is 30.5 Å². The van der Waals surface area contributed by atoms with Crippen LogP contribution in [0.3, 0.4) is 0 Å². The summed E-state index contributed by atoms with van der Waals surface area (Å²) >= 11 is 0. The summed E-state index contributed by atoms with van der Waals surface area (Å²) in [5.74, 6) is 0.956. The van der Waals surface area contributed by atoms with Gasteiger partial charge in [0.2, 0.25) is 0 Å². The van der Waals surface area contributed by atoms with Gasteiger partial charge in [0, 0.05) is 18.7 Å². The van der Waals surface area contributed by atoms with Crippen LogP contribution in [0.15, 0.2) is 24.3 Å². The molecule has 3 nitrogen and oxygen atoms in total. The third-order valence-electron chi connectivity index (χ3n) is 2.91. The minimum absolute atomic E-state index is 0.224. The van der Waals surface area contributed by atoms with Crippen LogP contribution in [0.4, 0.5) is 0 Å². The number of methoxy groups -OCH3 is 1. The molecule has 0 bridgehead atoms. The summed E-state index contributed by atoms with van der Waals surface area (Å²) in [7, 11) is 3.71. The van der Waals surface area contributed by atoms with E-state index in [1.807, 2.05) is 32.2 Å². The first-order chi connectivity index (χ1) is 8.22. The van der Waals surface area contributed by atoms with Crippen molar-refractivity contribution in [1.29, 1.82) is 0 Å². The molecule has 0 radical (unpaired) electrons. The lowest BCUT2D eigenvalue weighted by molar-refractivity contribution is 0.101. The molecule has 1 N–H and O–H groups in total. The molecule has 1 aromatic rings. The molecule has 0 saturated heterocycles. The van der Waals surface area contributed by atoms with Crippen molar-refractivity contribution >= 4 is 0 Å². The first kappa shape index (κ1) is 14.0. The van der Waals surface area contributed by atoms with Gasteiger partial charge in [-0.2, -0.15) is 0 Å². The molecule has 1 rings (SSSR count). The Kier molecular flexibility index (Phi) is 6.01. The van der Waals surface area contributed by atoms with Gasteiger partial charge in [-0.15, -0.1) is 0 Å². The van der Waals surface area contributed by atoms with Crippen molar-refractivity contribution in [3.05, 3.63) is 29.8 Å². The lowest BCUT2D eigenvalue weighted by Gasteiger charge is -2.22. The number of para-hydroxylation sites is 1. The summed E-state index contributed by atoms with van der Waals surface area (Å²) in [5.41, 5.74) is 1.20. The molecule has 0 aromatic heterocycles. The van der Waals surface area contributed by atoms with Crippen molar-refractivity contribution in [2.75, 3.05) is 20.8 Å². The smallest absolute Gasteiger partial charge is 0.124 e. The summed E-state index contributed by atoms with van der Waals surface area (Å²) in [6.45, 7) is 4.77. The Hall–Kier alpha value is -1.06. The highest BCUT2D eigenvalue weighted by molar-refractivity contribution is 5.36. The van der Waals surface area contributed by atoms with Gasteiger partial charge in [-0.05, 0) is 33.4 Å². The maximum Gasteiger partial charge on any atom is 0.124 e. The van der Waals surface area contributed by atoms with Crippen molar-refractivity contribution in [2.45, 2.75) is 32.4 Å². The quantitative estimate of drug-likeness (QED) is 0.791. The molecule has 0 fully saturated rings. The van der Waals surface area contributed by atoms with E-state index >= 15 is 0 Å². The molecule has 0 aliphatic heterocycles. The zero-order valence-electron chi connectivity index (χ0n) is 11.2. The normalized spacial score (nSPS) is 14.4. The van der Waals surface area contributed by atoms with Crippen molar-refractivity contribution < 1.29 is 9.47 Å². The van der Waals surface area contributed by atoms with Gasteiger partial charge in [-0.1, -0.05) is 18.2 Å². The van der Waals surface area contributed by atoms with E-state index < -0.39 is 0 Å². The Balaban J connectivity index is 2.86. The third-order valence-corrected chi connectivity index (χ3v) is 2.91. The fourth-order valence-corrected chi connectivity index (χ4v) is 1.88. The van der Waals surface area contributed by atoms with Gasteiger partial charge in [0.15, 0.2) is 0 Å². The molecule has 2 unspecified atom stereocenters. The van der Waals surface area contributed by atoms with Gasteiger partial charge in [0.05, 0.1) is 12.7 Å². The minimum Gasteiger partial charge on any atom is -0.494 e. The Labute approximate surface area is 104 Å². The first-order valence-corrected chi connectivity index (χ1v) is 6.14. The van der Waals surface area contributed by atoms with Crippen LogP contribution in [0.25, 0.3) is 0 Å². The van der Waals surface area contributed by atoms with Gasteiger partial charge in [0.1, 0.15) is 5.75 Å². The average Bonchev–Trinajstić information content (AvgIpc) is 2.37. The van der Waals surface area contributed by atoms with Crippen LogP contribution in [0.5, 0.6) is 5.75 Å². The molecule has 2 atom stereocenters. The maximum atomic E-state index is 5.65. The molecule has 0 saturated carbocycles. The van der Waals surface area contributed by atoms with E-state index in [4.69, 9.17) is 9.47 Å². The summed E-state index contributed by atoms with van der Waals surface area (Å²) < 4.78 is 11.0. The van der Waals surface area contributed by atoms with E-state index in [1.54, 1.807) is 7.11 Å². The summed E-state index contributed by atoms with van der Waals surface area (Å²) in [6, 6.07) is 8.42. The lowest BCUT2D eigenvalue weighted by Crippen LogP contribution is -2.22. The highest BCUT2D eigenvalue weighted by Gasteiger charge is 2.16. The standard InChI is InChI=1S/C14H23NO2/c1-5-17-14-9-7-6-8-12(14)13(15-3)10-11(2)16-4/h6-9,11,13,15H,5,10H2,1-4H3. The van der Waals surface area contributed by atoms with Gasteiger partial charge < -0.3 is 14.8 Å². The second kappa shape index (κ2) is 7.30. The zero-order valence-corrected chi connectivity index (χ0v) is 11.2. The average molecular weight is 237 g/mol. The van der Waals surface area contributed by atoms with E-state index in [2.05, 4.69) is 18.3 Å². The van der Waals surface area contributed by atoms with Crippen LogP contribution in [0, 0.1) is 0 Å². The Morgan fingerprint density at radius 1 is 1.29 bits per heavy atom. The Morgan fingerprint density at radius 3 is 2.59 bits per heavy atom. The predicted octanol–water partition coefficient (Wildman–Crippen LogP) is 2.77. The van der Waals surface area contributed by atoms with Crippen LogP contribution in [0.1, 0.15) is 31.9 Å². The molecule has 0 aliphatic rings. The highest BCUT2D eigenvalue weighted by atomic mass is 16.5. The summed E-state index contributed by atoms with van der Waals surface area (Å²) in [6.07, 6.45) is 1.15. The largest absolute Gasteiger partial charge is 0.494 e. The highest BCUT2D eigenvalue weighted by Crippen LogP contribution is 2.28. The van der Waals surface area contributed by atoms with E-state index in [1.165, 1.54) is 5.56 Å². The van der Waals surface area contributed by atoms with E-state index in [0.717, 1.165) is 12.2 Å². The van der Waals surface area contributed by atoms with Gasteiger partial charge in [0.25, 0.3) is 0 Å². The van der Waals surface area contributed by atoms with Crippen LogP contribution in [-0.2, 0) is 4.74 Å². The molecule has 0 aliphatic carbocycles. The Morgan fingerprint density at radius 2 is 2.00 bits per heavy atom. The van der Waals surface area contributed by atoms with E-state index in [9.17, 15) is 0 Å². The van der Waals surface area contributed by atoms with E-state index in [0.29, 0.717) is 6.61 Å². The molecular formula is C14H23NO2. The van der Waals surface area contributed by atoms with Gasteiger partial charge in [-0.25, -0.2) is 0 Å². The maximum absolute atomic E-state index is 5.65. The molecule has 0 heterocycles. The van der Waals surface area contributed by atoms with Gasteiger partial charge in [-0.3, -0.25) is 0 Å². The summed E-state index contributed by atoms with van der Waals surface area (Å²) in [4.78, 5) is 0. The second-order valence-corrected chi connectivity index (χ2v) is 4.09. The van der Waals surface area contributed by atoms with Crippen molar-refractivity contribution in [3.8, 4) is 5.75 Å². The van der Waals surface area contributed by atoms with Crippen LogP contribution in [-0.4, -0.2) is 26.9 Å². The molecule has 17 heavy (non-hydrogen) atoms. The molecule has 96 valence electrons. The number of nitrogens with one attached hydrogen (secondary N) is 1. The zero-order chi connectivity index (χ0) is 12.7. The number of benzene rings is 1. The molecule has 3 heteroatoms. The summed E-state index contributed by atoms with van der Waals surface area (Å²) in [5, 5.41) is 3.32. The van der Waals surface area contributed by atoms with Crippen molar-refractivity contribution in [1.82, 2.24) is 5.32 Å².